The molecule has 4 heterocycles. The van der Waals surface area contributed by atoms with E-state index in [1.54, 1.807) is 0 Å². The fourth-order valence-corrected chi connectivity index (χ4v) is 10.4. The molecule has 0 fully saturated rings. The minimum absolute atomic E-state index is 1.10. The van der Waals surface area contributed by atoms with E-state index in [4.69, 9.17) is 0 Å². The van der Waals surface area contributed by atoms with Gasteiger partial charge < -0.3 is 0 Å². The molecular weight excluding hydrogens is 468 g/mol. The fraction of sp³-hybridized carbons (Fsp3) is 0. The maximum atomic E-state index is 4.58. The molecular formula is C32H24N4Si. The quantitative estimate of drug-likeness (QED) is 0.330. The SMILES string of the molecule is c1ccc([Si](c2ccccc2)(c2ccncc2-c2ccncc2)c2ccncc2-c2ccncc2)cc1. The van der Waals surface area contributed by atoms with Crippen molar-refractivity contribution in [3.63, 3.8) is 0 Å². The number of benzene rings is 2. The highest BCUT2D eigenvalue weighted by Crippen LogP contribution is 2.24. The van der Waals surface area contributed by atoms with Crippen LogP contribution in [0.5, 0.6) is 0 Å². The molecule has 0 N–H and O–H groups in total. The van der Waals surface area contributed by atoms with Crippen LogP contribution < -0.4 is 20.7 Å². The summed E-state index contributed by atoms with van der Waals surface area (Å²) in [5, 5.41) is 5.13. The van der Waals surface area contributed by atoms with E-state index in [-0.39, 0.29) is 0 Å². The minimum Gasteiger partial charge on any atom is -0.265 e. The fourth-order valence-electron chi connectivity index (χ4n) is 5.28. The highest BCUT2D eigenvalue weighted by atomic mass is 28.3. The Kier molecular flexibility index (Phi) is 6.19. The Balaban J connectivity index is 1.80. The molecule has 6 aromatic rings. The number of hydrogen-bond donors (Lipinski definition) is 0. The van der Waals surface area contributed by atoms with Crippen molar-refractivity contribution in [2.75, 3.05) is 0 Å². The Morgan fingerprint density at radius 3 is 1.16 bits per heavy atom. The van der Waals surface area contributed by atoms with Gasteiger partial charge in [-0.1, -0.05) is 60.7 Å². The molecule has 0 aliphatic heterocycles. The summed E-state index contributed by atoms with van der Waals surface area (Å²) in [6.07, 6.45) is 15.2. The van der Waals surface area contributed by atoms with Crippen LogP contribution in [0.15, 0.2) is 147 Å². The van der Waals surface area contributed by atoms with Crippen LogP contribution in [0, 0.1) is 0 Å². The third-order valence-electron chi connectivity index (χ3n) is 6.85. The molecule has 0 saturated carbocycles. The summed E-state index contributed by atoms with van der Waals surface area (Å²) in [4.78, 5) is 17.7. The zero-order valence-corrected chi connectivity index (χ0v) is 21.1. The molecule has 4 aromatic heterocycles. The van der Waals surface area contributed by atoms with E-state index in [0.29, 0.717) is 0 Å². The number of rotatable bonds is 6. The van der Waals surface area contributed by atoms with Gasteiger partial charge in [0.05, 0.1) is 0 Å². The minimum atomic E-state index is -2.88. The first-order chi connectivity index (χ1) is 18.4. The molecule has 0 aliphatic rings. The smallest absolute Gasteiger partial charge is 0.181 e. The maximum Gasteiger partial charge on any atom is 0.181 e. The molecule has 176 valence electrons. The van der Waals surface area contributed by atoms with Crippen LogP contribution in [0.4, 0.5) is 0 Å². The summed E-state index contributed by atoms with van der Waals surface area (Å²) in [5.74, 6) is 0. The summed E-state index contributed by atoms with van der Waals surface area (Å²) < 4.78 is 0. The molecule has 2 aromatic carbocycles. The largest absolute Gasteiger partial charge is 0.265 e. The number of hydrogen-bond acceptors (Lipinski definition) is 4. The van der Waals surface area contributed by atoms with Gasteiger partial charge in [0, 0.05) is 60.7 Å². The van der Waals surface area contributed by atoms with E-state index >= 15 is 0 Å². The lowest BCUT2D eigenvalue weighted by molar-refractivity contribution is 1.31. The first kappa shape index (κ1) is 22.7. The van der Waals surface area contributed by atoms with Crippen molar-refractivity contribution in [3.8, 4) is 22.3 Å². The molecule has 0 spiro atoms. The van der Waals surface area contributed by atoms with Crippen molar-refractivity contribution in [1.82, 2.24) is 19.9 Å². The van der Waals surface area contributed by atoms with Gasteiger partial charge in [-0.2, -0.15) is 0 Å². The molecule has 0 radical (unpaired) electrons. The summed E-state index contributed by atoms with van der Waals surface area (Å²) in [7, 11) is -2.88. The average molecular weight is 493 g/mol. The van der Waals surface area contributed by atoms with E-state index in [2.05, 4.69) is 117 Å². The zero-order valence-electron chi connectivity index (χ0n) is 20.1. The lowest BCUT2D eigenvalue weighted by Gasteiger charge is -2.37. The predicted octanol–water partition coefficient (Wildman–Crippen LogP) is 3.98. The third kappa shape index (κ3) is 4.05. The van der Waals surface area contributed by atoms with Gasteiger partial charge in [0.25, 0.3) is 0 Å². The Labute approximate surface area is 217 Å². The van der Waals surface area contributed by atoms with Crippen LogP contribution in [0.25, 0.3) is 22.3 Å². The second-order valence-corrected chi connectivity index (χ2v) is 12.5. The highest BCUT2D eigenvalue weighted by Gasteiger charge is 2.44. The van der Waals surface area contributed by atoms with Crippen LogP contribution in [0.2, 0.25) is 0 Å². The number of nitrogens with zero attached hydrogens (tertiary/aromatic N) is 4. The van der Waals surface area contributed by atoms with Gasteiger partial charge in [0.2, 0.25) is 0 Å². The van der Waals surface area contributed by atoms with Gasteiger partial charge in [-0.05, 0) is 68.3 Å². The van der Waals surface area contributed by atoms with E-state index < -0.39 is 8.07 Å². The van der Waals surface area contributed by atoms with Crippen molar-refractivity contribution in [2.45, 2.75) is 0 Å². The third-order valence-corrected chi connectivity index (χ3v) is 11.7. The first-order valence-corrected chi connectivity index (χ1v) is 14.2. The molecule has 0 aliphatic carbocycles. The molecule has 4 nitrogen and oxygen atoms in total. The molecule has 0 atom stereocenters. The summed E-state index contributed by atoms with van der Waals surface area (Å²) in [5.41, 5.74) is 4.42. The zero-order chi connectivity index (χ0) is 24.9. The summed E-state index contributed by atoms with van der Waals surface area (Å²) >= 11 is 0. The highest BCUT2D eigenvalue weighted by molar-refractivity contribution is 7.20. The standard InChI is InChI=1S/C32H24N4Si/c1-3-7-27(8-4-1)37(28-9-5-2-6-10-28,31-15-21-35-23-29(31)25-11-17-33-18-12-25)32-16-22-36-24-30(32)26-13-19-34-20-14-26/h1-24H. The first-order valence-electron chi connectivity index (χ1n) is 12.2. The van der Waals surface area contributed by atoms with Crippen LogP contribution >= 0.6 is 0 Å². The molecule has 0 unspecified atom stereocenters. The van der Waals surface area contributed by atoms with Crippen molar-refractivity contribution in [1.29, 1.82) is 0 Å². The Morgan fingerprint density at radius 2 is 0.757 bits per heavy atom. The number of aromatic nitrogens is 4. The van der Waals surface area contributed by atoms with Gasteiger partial charge in [0.1, 0.15) is 0 Å². The van der Waals surface area contributed by atoms with Crippen molar-refractivity contribution in [3.05, 3.63) is 147 Å². The number of pyridine rings is 4. The second kappa shape index (κ2) is 10.1. The maximum absolute atomic E-state index is 4.58. The second-order valence-electron chi connectivity index (χ2n) is 8.80. The average Bonchev–Trinajstić information content (AvgIpc) is 3.00. The topological polar surface area (TPSA) is 51.6 Å². The normalized spacial score (nSPS) is 11.2. The predicted molar refractivity (Wildman–Crippen MR) is 152 cm³/mol. The van der Waals surface area contributed by atoms with Gasteiger partial charge >= 0.3 is 0 Å². The van der Waals surface area contributed by atoms with Crippen LogP contribution in [-0.4, -0.2) is 28.0 Å². The summed E-state index contributed by atoms with van der Waals surface area (Å²) in [6, 6.07) is 34.5. The molecule has 37 heavy (non-hydrogen) atoms. The van der Waals surface area contributed by atoms with Gasteiger partial charge in [-0.15, -0.1) is 0 Å². The van der Waals surface area contributed by atoms with Crippen molar-refractivity contribution < 1.29 is 0 Å². The summed E-state index contributed by atoms with van der Waals surface area (Å²) in [6.45, 7) is 0. The van der Waals surface area contributed by atoms with Crippen molar-refractivity contribution >= 4 is 28.8 Å². The van der Waals surface area contributed by atoms with E-state index in [0.717, 1.165) is 22.3 Å². The van der Waals surface area contributed by atoms with Crippen LogP contribution in [0.3, 0.4) is 0 Å². The van der Waals surface area contributed by atoms with E-state index in [1.807, 2.05) is 49.6 Å². The Hall–Kier alpha value is -4.74. The van der Waals surface area contributed by atoms with Crippen molar-refractivity contribution in [2.24, 2.45) is 0 Å². The van der Waals surface area contributed by atoms with Gasteiger partial charge in [-0.25, -0.2) is 0 Å². The monoisotopic (exact) mass is 492 g/mol. The Bertz CT molecular complexity index is 1480. The molecule has 6 rings (SSSR count). The lowest BCUT2D eigenvalue weighted by atomic mass is 10.1. The molecule has 0 amide bonds. The Morgan fingerprint density at radius 1 is 0.378 bits per heavy atom. The van der Waals surface area contributed by atoms with E-state index in [9.17, 15) is 0 Å². The van der Waals surface area contributed by atoms with Crippen LogP contribution in [-0.2, 0) is 0 Å². The van der Waals surface area contributed by atoms with E-state index in [1.165, 1.54) is 20.7 Å². The molecule has 0 bridgehead atoms. The van der Waals surface area contributed by atoms with Crippen LogP contribution in [0.1, 0.15) is 0 Å². The van der Waals surface area contributed by atoms with Gasteiger partial charge in [-0.3, -0.25) is 19.9 Å². The molecule has 5 heteroatoms. The lowest BCUT2D eigenvalue weighted by Crippen LogP contribution is -2.75. The molecule has 0 saturated heterocycles. The van der Waals surface area contributed by atoms with Gasteiger partial charge in [0.15, 0.2) is 8.07 Å².